The summed E-state index contributed by atoms with van der Waals surface area (Å²) in [5.41, 5.74) is 1.05. The van der Waals surface area contributed by atoms with E-state index in [2.05, 4.69) is 6.58 Å². The van der Waals surface area contributed by atoms with Crippen molar-refractivity contribution in [2.24, 2.45) is 0 Å². The van der Waals surface area contributed by atoms with Crippen molar-refractivity contribution in [1.82, 2.24) is 9.80 Å². The molecule has 1 fully saturated rings. The lowest BCUT2D eigenvalue weighted by atomic mass is 10.0. The van der Waals surface area contributed by atoms with Crippen molar-refractivity contribution in [3.8, 4) is 11.5 Å². The summed E-state index contributed by atoms with van der Waals surface area (Å²) in [6.45, 7) is 7.73. The smallest absolute Gasteiger partial charge is 0.246 e. The van der Waals surface area contributed by atoms with E-state index >= 15 is 0 Å². The minimum absolute atomic E-state index is 0.0147. The Morgan fingerprint density at radius 1 is 1.32 bits per heavy atom. The van der Waals surface area contributed by atoms with E-state index in [0.717, 1.165) is 29.9 Å². The number of hydrogen-bond donors (Lipinski definition) is 0. The molecule has 0 aliphatic carbocycles. The van der Waals surface area contributed by atoms with Gasteiger partial charge >= 0.3 is 0 Å². The molecule has 0 bridgehead atoms. The second-order valence-electron chi connectivity index (χ2n) is 6.20. The first kappa shape index (κ1) is 17.3. The molecule has 2 amide bonds. The van der Waals surface area contributed by atoms with Gasteiger partial charge in [-0.2, -0.15) is 0 Å². The van der Waals surface area contributed by atoms with Crippen molar-refractivity contribution in [3.05, 3.63) is 36.4 Å². The molecule has 0 aromatic heterocycles. The fourth-order valence-corrected chi connectivity index (χ4v) is 3.41. The van der Waals surface area contributed by atoms with Crippen LogP contribution in [0.15, 0.2) is 30.9 Å². The number of likely N-dealkylation sites (N-methyl/N-ethyl adjacent to an activating group) is 1. The summed E-state index contributed by atoms with van der Waals surface area (Å²) in [5.74, 6) is 1.24. The highest BCUT2D eigenvalue weighted by atomic mass is 16.6. The fourth-order valence-electron chi connectivity index (χ4n) is 3.41. The van der Waals surface area contributed by atoms with Gasteiger partial charge in [-0.05, 0) is 43.5 Å². The van der Waals surface area contributed by atoms with Crippen LogP contribution in [0.4, 0.5) is 0 Å². The summed E-state index contributed by atoms with van der Waals surface area (Å²) in [6.07, 6.45) is 3.11. The zero-order valence-corrected chi connectivity index (χ0v) is 14.6. The molecular formula is C19H24N2O4. The molecule has 2 aliphatic rings. The number of carbonyl (C=O) groups is 2. The number of rotatable bonds is 5. The molecule has 1 atom stereocenters. The largest absolute Gasteiger partial charge is 0.486 e. The van der Waals surface area contributed by atoms with E-state index in [1.807, 2.05) is 30.0 Å². The summed E-state index contributed by atoms with van der Waals surface area (Å²) in [6, 6.07) is 5.89. The average Bonchev–Trinajstić information content (AvgIpc) is 3.14. The van der Waals surface area contributed by atoms with Crippen molar-refractivity contribution in [2.45, 2.75) is 25.8 Å². The number of amides is 2. The molecule has 3 rings (SSSR count). The number of fused-ring (bicyclic) bond motifs is 1. The van der Waals surface area contributed by atoms with Crippen molar-refractivity contribution in [3.63, 3.8) is 0 Å². The highest BCUT2D eigenvalue weighted by molar-refractivity contribution is 5.91. The van der Waals surface area contributed by atoms with Gasteiger partial charge in [0.15, 0.2) is 11.5 Å². The lowest BCUT2D eigenvalue weighted by Gasteiger charge is -2.29. The van der Waals surface area contributed by atoms with Gasteiger partial charge in [-0.15, -0.1) is 0 Å². The molecule has 6 nitrogen and oxygen atoms in total. The first-order valence-electron chi connectivity index (χ1n) is 8.74. The monoisotopic (exact) mass is 344 g/mol. The van der Waals surface area contributed by atoms with E-state index in [-0.39, 0.29) is 24.4 Å². The summed E-state index contributed by atoms with van der Waals surface area (Å²) in [7, 11) is 0. The van der Waals surface area contributed by atoms with Crippen LogP contribution >= 0.6 is 0 Å². The molecule has 0 saturated carbocycles. The van der Waals surface area contributed by atoms with Crippen LogP contribution in [0.2, 0.25) is 0 Å². The van der Waals surface area contributed by atoms with Crippen molar-refractivity contribution in [1.29, 1.82) is 0 Å². The number of nitrogens with zero attached hydrogens (tertiary/aromatic N) is 2. The number of benzene rings is 1. The second-order valence-corrected chi connectivity index (χ2v) is 6.20. The first-order chi connectivity index (χ1) is 12.1. The fraction of sp³-hybridized carbons (Fsp3) is 0.474. The standard InChI is InChI=1S/C19H24N2O4/c1-3-18(22)20(4-2)13-19(23)21-9-5-6-15(21)14-7-8-16-17(12-14)25-11-10-24-16/h3,7-8,12,15H,1,4-6,9-11,13H2,2H3. The summed E-state index contributed by atoms with van der Waals surface area (Å²) in [5, 5.41) is 0. The molecule has 0 spiro atoms. The topological polar surface area (TPSA) is 59.1 Å². The van der Waals surface area contributed by atoms with E-state index in [1.165, 1.54) is 11.0 Å². The number of carbonyl (C=O) groups excluding carboxylic acids is 2. The van der Waals surface area contributed by atoms with Gasteiger partial charge in [-0.25, -0.2) is 0 Å². The Balaban J connectivity index is 1.75. The van der Waals surface area contributed by atoms with Crippen LogP contribution < -0.4 is 9.47 Å². The quantitative estimate of drug-likeness (QED) is 0.768. The Hall–Kier alpha value is -2.50. The second kappa shape index (κ2) is 7.59. The minimum atomic E-state index is -0.217. The first-order valence-corrected chi connectivity index (χ1v) is 8.74. The molecule has 1 aromatic rings. The zero-order chi connectivity index (χ0) is 17.8. The summed E-state index contributed by atoms with van der Waals surface area (Å²) in [4.78, 5) is 27.9. The molecule has 25 heavy (non-hydrogen) atoms. The van der Waals surface area contributed by atoms with Crippen LogP contribution in [0.1, 0.15) is 31.4 Å². The molecule has 1 unspecified atom stereocenters. The molecule has 6 heteroatoms. The third-order valence-corrected chi connectivity index (χ3v) is 4.72. The van der Waals surface area contributed by atoms with Gasteiger partial charge in [0.05, 0.1) is 6.04 Å². The average molecular weight is 344 g/mol. The predicted molar refractivity (Wildman–Crippen MR) is 93.6 cm³/mol. The van der Waals surface area contributed by atoms with Crippen LogP contribution in [0.5, 0.6) is 11.5 Å². The maximum absolute atomic E-state index is 12.7. The normalized spacial score (nSPS) is 18.8. The highest BCUT2D eigenvalue weighted by Gasteiger charge is 2.31. The van der Waals surface area contributed by atoms with Crippen LogP contribution in [0, 0.1) is 0 Å². The van der Waals surface area contributed by atoms with E-state index in [1.54, 1.807) is 0 Å². The summed E-state index contributed by atoms with van der Waals surface area (Å²) >= 11 is 0. The maximum atomic E-state index is 12.7. The SMILES string of the molecule is C=CC(=O)N(CC)CC(=O)N1CCCC1c1ccc2c(c1)OCCO2. The third kappa shape index (κ3) is 3.62. The van der Waals surface area contributed by atoms with Crippen LogP contribution in [0.25, 0.3) is 0 Å². The minimum Gasteiger partial charge on any atom is -0.486 e. The van der Waals surface area contributed by atoms with Gasteiger partial charge < -0.3 is 19.3 Å². The molecule has 1 aromatic carbocycles. The number of hydrogen-bond acceptors (Lipinski definition) is 4. The van der Waals surface area contributed by atoms with E-state index < -0.39 is 0 Å². The Morgan fingerprint density at radius 2 is 2.08 bits per heavy atom. The van der Waals surface area contributed by atoms with Crippen LogP contribution in [0.3, 0.4) is 0 Å². The Kier molecular flexibility index (Phi) is 5.26. The Labute approximate surface area is 148 Å². The Bertz CT molecular complexity index is 673. The third-order valence-electron chi connectivity index (χ3n) is 4.72. The lowest BCUT2D eigenvalue weighted by Crippen LogP contribution is -2.42. The molecular weight excluding hydrogens is 320 g/mol. The number of ether oxygens (including phenoxy) is 2. The van der Waals surface area contributed by atoms with E-state index in [4.69, 9.17) is 9.47 Å². The lowest BCUT2D eigenvalue weighted by molar-refractivity contribution is -0.138. The van der Waals surface area contributed by atoms with E-state index in [0.29, 0.717) is 26.3 Å². The summed E-state index contributed by atoms with van der Waals surface area (Å²) < 4.78 is 11.2. The van der Waals surface area contributed by atoms with Crippen molar-refractivity contribution in [2.75, 3.05) is 32.8 Å². The van der Waals surface area contributed by atoms with Crippen molar-refractivity contribution < 1.29 is 19.1 Å². The van der Waals surface area contributed by atoms with Gasteiger partial charge in [0.25, 0.3) is 0 Å². The molecule has 134 valence electrons. The molecule has 2 aliphatic heterocycles. The predicted octanol–water partition coefficient (Wildman–Crippen LogP) is 2.16. The van der Waals surface area contributed by atoms with Gasteiger partial charge in [0, 0.05) is 13.1 Å². The molecule has 0 radical (unpaired) electrons. The van der Waals surface area contributed by atoms with Gasteiger partial charge in [-0.3, -0.25) is 9.59 Å². The van der Waals surface area contributed by atoms with Gasteiger partial charge in [0.1, 0.15) is 19.8 Å². The highest BCUT2D eigenvalue weighted by Crippen LogP contribution is 2.38. The van der Waals surface area contributed by atoms with Gasteiger partial charge in [-0.1, -0.05) is 12.6 Å². The molecule has 0 N–H and O–H groups in total. The van der Waals surface area contributed by atoms with Crippen LogP contribution in [-0.4, -0.2) is 54.5 Å². The molecule has 2 heterocycles. The Morgan fingerprint density at radius 3 is 2.80 bits per heavy atom. The maximum Gasteiger partial charge on any atom is 0.246 e. The number of likely N-dealkylation sites (tertiary alicyclic amines) is 1. The molecule has 1 saturated heterocycles. The van der Waals surface area contributed by atoms with Crippen LogP contribution in [-0.2, 0) is 9.59 Å². The van der Waals surface area contributed by atoms with Crippen molar-refractivity contribution >= 4 is 11.8 Å². The van der Waals surface area contributed by atoms with E-state index in [9.17, 15) is 9.59 Å². The zero-order valence-electron chi connectivity index (χ0n) is 14.6. The van der Waals surface area contributed by atoms with Gasteiger partial charge in [0.2, 0.25) is 11.8 Å².